The van der Waals surface area contributed by atoms with Crippen LogP contribution in [0.5, 0.6) is 0 Å². The molecule has 0 fully saturated rings. The van der Waals surface area contributed by atoms with Crippen LogP contribution in [-0.2, 0) is 14.6 Å². The maximum absolute atomic E-state index is 12.6. The first-order valence-electron chi connectivity index (χ1n) is 6.42. The van der Waals surface area contributed by atoms with Crippen molar-refractivity contribution in [1.29, 1.82) is 0 Å². The lowest BCUT2D eigenvalue weighted by Crippen LogP contribution is -2.35. The Morgan fingerprint density at radius 3 is 2.10 bits per heavy atom. The van der Waals surface area contributed by atoms with Gasteiger partial charge in [0.1, 0.15) is 10.5 Å². The molecule has 1 aromatic rings. The van der Waals surface area contributed by atoms with Crippen LogP contribution < -0.4 is 0 Å². The van der Waals surface area contributed by atoms with Crippen LogP contribution in [0, 0.1) is 6.92 Å². The Hall–Kier alpha value is -1.72. The molecule has 21 heavy (non-hydrogen) atoms. The summed E-state index contributed by atoms with van der Waals surface area (Å²) in [6.07, 6.45) is 1.19. The van der Waals surface area contributed by atoms with Gasteiger partial charge in [-0.1, -0.05) is 29.8 Å². The van der Waals surface area contributed by atoms with Crippen molar-refractivity contribution < 1.29 is 18.3 Å². The Labute approximate surface area is 125 Å². The summed E-state index contributed by atoms with van der Waals surface area (Å²) in [5.41, 5.74) is -0.453. The van der Waals surface area contributed by atoms with Gasteiger partial charge in [-0.25, -0.2) is 8.42 Å². The molecule has 0 unspecified atom stereocenters. The average Bonchev–Trinajstić information content (AvgIpc) is 2.34. The first-order chi connectivity index (χ1) is 9.46. The second-order valence-corrected chi connectivity index (χ2v) is 7.48. The monoisotopic (exact) mass is 308 g/mol. The van der Waals surface area contributed by atoms with Crippen LogP contribution in [0.4, 0.5) is 0 Å². The van der Waals surface area contributed by atoms with Crippen LogP contribution in [0.25, 0.3) is 0 Å². The lowest BCUT2D eigenvalue weighted by molar-refractivity contribution is -0.129. The van der Waals surface area contributed by atoms with E-state index in [-0.39, 0.29) is 4.90 Å². The zero-order valence-electron chi connectivity index (χ0n) is 12.7. The topological polar surface area (TPSA) is 71.4 Å². The minimum Gasteiger partial charge on any atom is -0.382 e. The molecule has 0 bridgehead atoms. The Morgan fingerprint density at radius 1 is 1.24 bits per heavy atom. The minimum absolute atomic E-state index is 0.0122. The van der Waals surface area contributed by atoms with Gasteiger partial charge in [0.2, 0.25) is 15.6 Å². The summed E-state index contributed by atoms with van der Waals surface area (Å²) < 4.78 is 25.3. The third kappa shape index (κ3) is 4.12. The number of ketones is 1. The van der Waals surface area contributed by atoms with Crippen LogP contribution in [0.15, 0.2) is 52.3 Å². The predicted molar refractivity (Wildman–Crippen MR) is 82.6 cm³/mol. The zero-order chi connectivity index (χ0) is 16.4. The number of hydrogen-bond acceptors (Lipinski definition) is 4. The van der Waals surface area contributed by atoms with Gasteiger partial charge in [-0.15, -0.1) is 0 Å². The second-order valence-electron chi connectivity index (χ2n) is 5.56. The molecule has 114 valence electrons. The fourth-order valence-electron chi connectivity index (χ4n) is 1.63. The maximum Gasteiger partial charge on any atom is 0.210 e. The van der Waals surface area contributed by atoms with Gasteiger partial charge >= 0.3 is 0 Å². The summed E-state index contributed by atoms with van der Waals surface area (Å²) in [7, 11) is -4.00. The molecule has 0 aliphatic carbocycles. The number of hydrogen-bond donors (Lipinski definition) is 1. The molecule has 5 heteroatoms. The maximum atomic E-state index is 12.6. The van der Waals surface area contributed by atoms with Crippen LogP contribution in [0.3, 0.4) is 0 Å². The third-order valence-corrected chi connectivity index (χ3v) is 4.55. The van der Waals surface area contributed by atoms with Crippen molar-refractivity contribution in [3.63, 3.8) is 0 Å². The highest BCUT2D eigenvalue weighted by Gasteiger charge is 2.35. The van der Waals surface area contributed by atoms with E-state index in [9.17, 15) is 18.3 Å². The summed E-state index contributed by atoms with van der Waals surface area (Å²) in [6, 6.07) is 6.18. The van der Waals surface area contributed by atoms with Crippen molar-refractivity contribution in [2.45, 2.75) is 38.2 Å². The Balaban J connectivity index is 3.49. The van der Waals surface area contributed by atoms with E-state index in [1.807, 2.05) is 6.92 Å². The number of carbonyl (C=O) groups excluding carboxylic acids is 1. The normalized spacial score (nSPS) is 13.1. The van der Waals surface area contributed by atoms with Crippen molar-refractivity contribution in [2.24, 2.45) is 0 Å². The summed E-state index contributed by atoms with van der Waals surface area (Å²) in [5.74, 6) is -0.855. The largest absolute Gasteiger partial charge is 0.382 e. The lowest BCUT2D eigenvalue weighted by atomic mass is 10.0. The molecule has 1 N–H and O–H groups in total. The fourth-order valence-corrected chi connectivity index (χ4v) is 3.23. The molecule has 0 aliphatic rings. The number of rotatable bonds is 5. The molecule has 0 radical (unpaired) electrons. The summed E-state index contributed by atoms with van der Waals surface area (Å²) >= 11 is 0. The molecule has 1 aromatic carbocycles. The standard InChI is InChI=1S/C16H20O4S/c1-11(2)10-14(15(17)16(4,5)18)21(19,20)13-8-6-12(3)7-9-13/h6-10,18H,1H2,2-5H3/b14-10-. The van der Waals surface area contributed by atoms with Gasteiger partial charge in [0.25, 0.3) is 0 Å². The molecular weight excluding hydrogens is 288 g/mol. The van der Waals surface area contributed by atoms with Gasteiger partial charge in [0.15, 0.2) is 0 Å². The Kier molecular flexibility index (Phi) is 4.91. The van der Waals surface area contributed by atoms with E-state index < -0.39 is 26.1 Å². The van der Waals surface area contributed by atoms with Crippen molar-refractivity contribution >= 4 is 15.6 Å². The summed E-state index contributed by atoms with van der Waals surface area (Å²) in [4.78, 5) is 11.8. The number of allylic oxidation sites excluding steroid dienone is 2. The molecule has 0 aromatic heterocycles. The summed E-state index contributed by atoms with van der Waals surface area (Å²) in [5, 5.41) is 9.84. The molecule has 4 nitrogen and oxygen atoms in total. The van der Waals surface area contributed by atoms with E-state index >= 15 is 0 Å². The van der Waals surface area contributed by atoms with E-state index in [0.717, 1.165) is 5.56 Å². The Bertz CT molecular complexity index is 687. The van der Waals surface area contributed by atoms with E-state index in [0.29, 0.717) is 5.57 Å². The summed E-state index contributed by atoms with van der Waals surface area (Å²) in [6.45, 7) is 9.54. The van der Waals surface area contributed by atoms with Gasteiger partial charge in [-0.3, -0.25) is 4.79 Å². The highest BCUT2D eigenvalue weighted by atomic mass is 32.2. The number of benzene rings is 1. The third-order valence-electron chi connectivity index (χ3n) is 2.78. The second kappa shape index (κ2) is 5.95. The van der Waals surface area contributed by atoms with E-state index in [1.165, 1.54) is 32.1 Å². The van der Waals surface area contributed by atoms with E-state index in [4.69, 9.17) is 0 Å². The number of aryl methyl sites for hydroxylation is 1. The van der Waals surface area contributed by atoms with Crippen molar-refractivity contribution in [1.82, 2.24) is 0 Å². The Morgan fingerprint density at radius 2 is 1.71 bits per heavy atom. The zero-order valence-corrected chi connectivity index (χ0v) is 13.5. The van der Waals surface area contributed by atoms with Gasteiger partial charge in [-0.2, -0.15) is 0 Å². The number of Topliss-reactive ketones (excluding diaryl/α,β-unsaturated/α-hetero) is 1. The number of carbonyl (C=O) groups is 1. The smallest absolute Gasteiger partial charge is 0.210 e. The fraction of sp³-hybridized carbons (Fsp3) is 0.312. The molecule has 0 heterocycles. The van der Waals surface area contributed by atoms with Gasteiger partial charge in [0.05, 0.1) is 4.90 Å². The van der Waals surface area contributed by atoms with Crippen LogP contribution >= 0.6 is 0 Å². The van der Waals surface area contributed by atoms with Crippen LogP contribution in [0.1, 0.15) is 26.3 Å². The molecule has 0 aliphatic heterocycles. The van der Waals surface area contributed by atoms with E-state index in [2.05, 4.69) is 6.58 Å². The van der Waals surface area contributed by atoms with Crippen LogP contribution in [-0.4, -0.2) is 24.9 Å². The SMILES string of the molecule is C=C(C)/C=C(/C(=O)C(C)(C)O)S(=O)(=O)c1ccc(C)cc1. The van der Waals surface area contributed by atoms with Crippen molar-refractivity contribution in [3.8, 4) is 0 Å². The molecule has 0 spiro atoms. The van der Waals surface area contributed by atoms with Crippen molar-refractivity contribution in [3.05, 3.63) is 53.0 Å². The highest BCUT2D eigenvalue weighted by molar-refractivity contribution is 7.96. The molecule has 0 atom stereocenters. The van der Waals surface area contributed by atoms with Crippen molar-refractivity contribution in [2.75, 3.05) is 0 Å². The number of sulfone groups is 1. The molecule has 0 amide bonds. The van der Waals surface area contributed by atoms with Crippen LogP contribution in [0.2, 0.25) is 0 Å². The number of aliphatic hydroxyl groups is 1. The first-order valence-corrected chi connectivity index (χ1v) is 7.90. The van der Waals surface area contributed by atoms with E-state index in [1.54, 1.807) is 19.1 Å². The van der Waals surface area contributed by atoms with Gasteiger partial charge < -0.3 is 5.11 Å². The van der Waals surface area contributed by atoms with Gasteiger partial charge in [-0.05, 0) is 45.9 Å². The lowest BCUT2D eigenvalue weighted by Gasteiger charge is -2.18. The predicted octanol–water partition coefficient (Wildman–Crippen LogP) is 2.57. The molecule has 0 saturated heterocycles. The average molecular weight is 308 g/mol. The quantitative estimate of drug-likeness (QED) is 0.670. The molecule has 1 rings (SSSR count). The molecule has 0 saturated carbocycles. The minimum atomic E-state index is -4.00. The molecular formula is C16H20O4S. The highest BCUT2D eigenvalue weighted by Crippen LogP contribution is 2.25. The van der Waals surface area contributed by atoms with Gasteiger partial charge in [0, 0.05) is 0 Å². The first kappa shape index (κ1) is 17.3.